The van der Waals surface area contributed by atoms with Crippen molar-refractivity contribution in [2.75, 3.05) is 0 Å². The highest BCUT2D eigenvalue weighted by Gasteiger charge is 2.08. The fourth-order valence-corrected chi connectivity index (χ4v) is 1.85. The van der Waals surface area contributed by atoms with Crippen LogP contribution in [0.4, 0.5) is 10.1 Å². The van der Waals surface area contributed by atoms with Crippen LogP contribution < -0.4 is 10.5 Å². The molecule has 0 radical (unpaired) electrons. The zero-order chi connectivity index (χ0) is 15.4. The van der Waals surface area contributed by atoms with Gasteiger partial charge in [-0.3, -0.25) is 10.1 Å². The minimum atomic E-state index is -0.466. The van der Waals surface area contributed by atoms with E-state index in [1.807, 2.05) is 0 Å². The van der Waals surface area contributed by atoms with Crippen LogP contribution in [0, 0.1) is 15.9 Å². The smallest absolute Gasteiger partial charge is 0.269 e. The van der Waals surface area contributed by atoms with E-state index in [9.17, 15) is 14.5 Å². The molecular formula is C15H15FN2O3. The van der Waals surface area contributed by atoms with Gasteiger partial charge in [0.15, 0.2) is 0 Å². The molecule has 0 fully saturated rings. The zero-order valence-electron chi connectivity index (χ0n) is 11.5. The first kappa shape index (κ1) is 14.9. The topological polar surface area (TPSA) is 78.4 Å². The van der Waals surface area contributed by atoms with Gasteiger partial charge >= 0.3 is 0 Å². The summed E-state index contributed by atoms with van der Waals surface area (Å²) < 4.78 is 19.2. The molecule has 0 unspecified atom stereocenters. The predicted octanol–water partition coefficient (Wildman–Crippen LogP) is 3.33. The molecule has 0 saturated carbocycles. The molecule has 0 aliphatic carbocycles. The van der Waals surface area contributed by atoms with Gasteiger partial charge in [-0.05, 0) is 30.7 Å². The van der Waals surface area contributed by atoms with Gasteiger partial charge in [0.1, 0.15) is 18.2 Å². The van der Waals surface area contributed by atoms with Gasteiger partial charge in [-0.1, -0.05) is 6.07 Å². The normalized spacial score (nSPS) is 12.0. The standard InChI is InChI=1S/C15H15FN2O3/c1-10(17)14-7-6-13(8-15(14)16)21-9-11-2-4-12(5-3-11)18(19)20/h2-8,10H,9,17H2,1H3/t10-/m1/s1. The average molecular weight is 290 g/mol. The van der Waals surface area contributed by atoms with E-state index in [2.05, 4.69) is 0 Å². The minimum absolute atomic E-state index is 0.0195. The van der Waals surface area contributed by atoms with Crippen LogP contribution >= 0.6 is 0 Å². The first-order valence-electron chi connectivity index (χ1n) is 6.38. The third-order valence-electron chi connectivity index (χ3n) is 3.02. The number of benzene rings is 2. The monoisotopic (exact) mass is 290 g/mol. The van der Waals surface area contributed by atoms with Gasteiger partial charge in [0, 0.05) is 29.8 Å². The molecule has 0 saturated heterocycles. The van der Waals surface area contributed by atoms with Gasteiger partial charge in [0.25, 0.3) is 5.69 Å². The molecule has 0 aromatic heterocycles. The highest BCUT2D eigenvalue weighted by Crippen LogP contribution is 2.21. The van der Waals surface area contributed by atoms with Crippen molar-refractivity contribution in [2.45, 2.75) is 19.6 Å². The first-order valence-corrected chi connectivity index (χ1v) is 6.38. The average Bonchev–Trinajstić information content (AvgIpc) is 2.45. The fourth-order valence-electron chi connectivity index (χ4n) is 1.85. The second kappa shape index (κ2) is 6.32. The molecule has 2 N–H and O–H groups in total. The summed E-state index contributed by atoms with van der Waals surface area (Å²) in [5.74, 6) is -0.0264. The van der Waals surface area contributed by atoms with Crippen LogP contribution in [0.25, 0.3) is 0 Å². The van der Waals surface area contributed by atoms with E-state index in [1.165, 1.54) is 18.2 Å². The van der Waals surface area contributed by atoms with E-state index in [1.54, 1.807) is 31.2 Å². The molecule has 6 heteroatoms. The number of nitro groups is 1. The lowest BCUT2D eigenvalue weighted by atomic mass is 10.1. The lowest BCUT2D eigenvalue weighted by Gasteiger charge is -2.10. The number of hydrogen-bond acceptors (Lipinski definition) is 4. The van der Waals surface area contributed by atoms with Gasteiger partial charge in [-0.2, -0.15) is 0 Å². The molecule has 5 nitrogen and oxygen atoms in total. The van der Waals surface area contributed by atoms with Crippen molar-refractivity contribution >= 4 is 5.69 Å². The molecule has 0 aliphatic rings. The van der Waals surface area contributed by atoms with Crippen molar-refractivity contribution in [1.29, 1.82) is 0 Å². The van der Waals surface area contributed by atoms with Crippen molar-refractivity contribution in [1.82, 2.24) is 0 Å². The Morgan fingerprint density at radius 2 is 1.95 bits per heavy atom. The second-order valence-electron chi connectivity index (χ2n) is 4.68. The number of rotatable bonds is 5. The van der Waals surface area contributed by atoms with Crippen LogP contribution in [-0.2, 0) is 6.61 Å². The summed E-state index contributed by atoms with van der Waals surface area (Å²) in [5.41, 5.74) is 6.84. The van der Waals surface area contributed by atoms with E-state index >= 15 is 0 Å². The van der Waals surface area contributed by atoms with E-state index in [0.717, 1.165) is 5.56 Å². The third kappa shape index (κ3) is 3.76. The Morgan fingerprint density at radius 1 is 1.29 bits per heavy atom. The largest absolute Gasteiger partial charge is 0.489 e. The van der Waals surface area contributed by atoms with E-state index in [4.69, 9.17) is 10.5 Å². The Hall–Kier alpha value is -2.47. The summed E-state index contributed by atoms with van der Waals surface area (Å²) in [6.45, 7) is 1.91. The van der Waals surface area contributed by atoms with Crippen molar-refractivity contribution < 1.29 is 14.1 Å². The molecule has 0 amide bonds. The van der Waals surface area contributed by atoms with Crippen molar-refractivity contribution in [3.05, 3.63) is 69.5 Å². The Kier molecular flexibility index (Phi) is 4.49. The molecular weight excluding hydrogens is 275 g/mol. The highest BCUT2D eigenvalue weighted by molar-refractivity contribution is 5.34. The minimum Gasteiger partial charge on any atom is -0.489 e. The molecule has 110 valence electrons. The first-order chi connectivity index (χ1) is 9.97. The summed E-state index contributed by atoms with van der Waals surface area (Å²) in [4.78, 5) is 10.1. The molecule has 2 rings (SSSR count). The van der Waals surface area contributed by atoms with Crippen molar-refractivity contribution in [2.24, 2.45) is 5.73 Å². The molecule has 0 spiro atoms. The lowest BCUT2D eigenvalue weighted by Crippen LogP contribution is -2.07. The fraction of sp³-hybridized carbons (Fsp3) is 0.200. The van der Waals surface area contributed by atoms with E-state index < -0.39 is 10.7 Å². The quantitative estimate of drug-likeness (QED) is 0.676. The number of nitro benzene ring substituents is 1. The van der Waals surface area contributed by atoms with Crippen LogP contribution in [0.1, 0.15) is 24.1 Å². The number of ether oxygens (including phenoxy) is 1. The summed E-state index contributed by atoms with van der Waals surface area (Å²) in [7, 11) is 0. The van der Waals surface area contributed by atoms with Crippen molar-refractivity contribution in [3.63, 3.8) is 0 Å². The van der Waals surface area contributed by atoms with E-state index in [0.29, 0.717) is 11.3 Å². The molecule has 2 aromatic carbocycles. The molecule has 0 bridgehead atoms. The van der Waals surface area contributed by atoms with Crippen molar-refractivity contribution in [3.8, 4) is 5.75 Å². The lowest BCUT2D eigenvalue weighted by molar-refractivity contribution is -0.384. The van der Waals surface area contributed by atoms with Gasteiger partial charge in [-0.15, -0.1) is 0 Å². The molecule has 2 aromatic rings. The van der Waals surface area contributed by atoms with Crippen LogP contribution in [0.3, 0.4) is 0 Å². The maximum Gasteiger partial charge on any atom is 0.269 e. The van der Waals surface area contributed by atoms with E-state index in [-0.39, 0.29) is 18.3 Å². The van der Waals surface area contributed by atoms with Crippen LogP contribution in [-0.4, -0.2) is 4.92 Å². The summed E-state index contributed by atoms with van der Waals surface area (Å²) >= 11 is 0. The highest BCUT2D eigenvalue weighted by atomic mass is 19.1. The number of hydrogen-bond donors (Lipinski definition) is 1. The molecule has 1 atom stereocenters. The Balaban J connectivity index is 2.02. The van der Waals surface area contributed by atoms with Crippen LogP contribution in [0.5, 0.6) is 5.75 Å². The van der Waals surface area contributed by atoms with Crippen LogP contribution in [0.15, 0.2) is 42.5 Å². The Morgan fingerprint density at radius 3 is 2.48 bits per heavy atom. The Labute approximate surface area is 121 Å². The Bertz CT molecular complexity index is 642. The van der Waals surface area contributed by atoms with Gasteiger partial charge < -0.3 is 10.5 Å². The zero-order valence-corrected chi connectivity index (χ0v) is 11.5. The number of nitrogens with two attached hydrogens (primary N) is 1. The maximum absolute atomic E-state index is 13.7. The van der Waals surface area contributed by atoms with Crippen LogP contribution in [0.2, 0.25) is 0 Å². The van der Waals surface area contributed by atoms with Gasteiger partial charge in [0.05, 0.1) is 4.92 Å². The molecule has 21 heavy (non-hydrogen) atoms. The third-order valence-corrected chi connectivity index (χ3v) is 3.02. The predicted molar refractivity (Wildman–Crippen MR) is 76.4 cm³/mol. The maximum atomic E-state index is 13.7. The number of nitrogens with zero attached hydrogens (tertiary/aromatic N) is 1. The molecule has 0 aliphatic heterocycles. The summed E-state index contributed by atoms with van der Waals surface area (Å²) in [6.07, 6.45) is 0. The number of halogens is 1. The van der Waals surface area contributed by atoms with Gasteiger partial charge in [0.2, 0.25) is 0 Å². The second-order valence-corrected chi connectivity index (χ2v) is 4.68. The SMILES string of the molecule is C[C@@H](N)c1ccc(OCc2ccc([N+](=O)[O-])cc2)cc1F. The summed E-state index contributed by atoms with van der Waals surface area (Å²) in [5, 5.41) is 10.5. The summed E-state index contributed by atoms with van der Waals surface area (Å²) in [6, 6.07) is 10.1. The molecule has 0 heterocycles. The number of non-ortho nitro benzene ring substituents is 1. The van der Waals surface area contributed by atoms with Gasteiger partial charge in [-0.25, -0.2) is 4.39 Å².